The van der Waals surface area contributed by atoms with E-state index in [0.717, 1.165) is 0 Å². The van der Waals surface area contributed by atoms with E-state index in [2.05, 4.69) is 25.6 Å². The second kappa shape index (κ2) is 5.59. The van der Waals surface area contributed by atoms with Crippen LogP contribution in [-0.2, 0) is 10.0 Å². The van der Waals surface area contributed by atoms with Crippen LogP contribution in [0.5, 0.6) is 0 Å². The molecule has 1 heterocycles. The second-order valence-electron chi connectivity index (χ2n) is 4.08. The number of benzene rings is 1. The van der Waals surface area contributed by atoms with Gasteiger partial charge in [-0.1, -0.05) is 27.5 Å². The number of anilines is 2. The Morgan fingerprint density at radius 1 is 1.40 bits per heavy atom. The van der Waals surface area contributed by atoms with E-state index in [1.807, 2.05) is 0 Å². The molecule has 0 fully saturated rings. The van der Waals surface area contributed by atoms with Gasteiger partial charge >= 0.3 is 0 Å². The zero-order chi connectivity index (χ0) is 14.9. The van der Waals surface area contributed by atoms with Crippen LogP contribution < -0.4 is 10.5 Å². The van der Waals surface area contributed by atoms with Gasteiger partial charge in [0.1, 0.15) is 0 Å². The van der Waals surface area contributed by atoms with E-state index in [1.54, 1.807) is 13.0 Å². The third kappa shape index (κ3) is 3.05. The maximum absolute atomic E-state index is 12.4. The number of hydrogen-bond acceptors (Lipinski definition) is 4. The zero-order valence-electron chi connectivity index (χ0n) is 10.4. The van der Waals surface area contributed by atoms with E-state index in [-0.39, 0.29) is 15.6 Å². The van der Waals surface area contributed by atoms with Gasteiger partial charge in [-0.25, -0.2) is 8.42 Å². The van der Waals surface area contributed by atoms with Crippen LogP contribution in [0.1, 0.15) is 5.56 Å². The maximum atomic E-state index is 12.4. The molecule has 0 aliphatic heterocycles. The van der Waals surface area contributed by atoms with Crippen molar-refractivity contribution in [3.8, 4) is 0 Å². The summed E-state index contributed by atoms with van der Waals surface area (Å²) in [5, 5.41) is 0.268. The zero-order valence-corrected chi connectivity index (χ0v) is 13.6. The van der Waals surface area contributed by atoms with Crippen LogP contribution in [0.2, 0.25) is 5.02 Å². The SMILES string of the molecule is Cc1c(N)cc(Br)cc1S(=O)(=O)Nc1cnccc1Cl. The van der Waals surface area contributed by atoms with Crippen LogP contribution in [0, 0.1) is 6.92 Å². The van der Waals surface area contributed by atoms with Gasteiger partial charge in [-0.2, -0.15) is 0 Å². The van der Waals surface area contributed by atoms with Gasteiger partial charge in [-0.15, -0.1) is 0 Å². The average Bonchev–Trinajstić information content (AvgIpc) is 2.36. The number of nitrogens with zero attached hydrogens (tertiary/aromatic N) is 1. The molecule has 5 nitrogen and oxygen atoms in total. The van der Waals surface area contributed by atoms with Gasteiger partial charge < -0.3 is 5.73 Å². The van der Waals surface area contributed by atoms with E-state index in [9.17, 15) is 8.42 Å². The average molecular weight is 377 g/mol. The van der Waals surface area contributed by atoms with Crippen molar-refractivity contribution in [3.63, 3.8) is 0 Å². The molecule has 0 aliphatic rings. The Hall–Kier alpha value is -1.31. The Kier molecular flexibility index (Phi) is 4.22. The number of nitrogen functional groups attached to an aromatic ring is 1. The summed E-state index contributed by atoms with van der Waals surface area (Å²) in [7, 11) is -3.80. The van der Waals surface area contributed by atoms with Crippen LogP contribution in [0.3, 0.4) is 0 Å². The Balaban J connectivity index is 2.49. The fraction of sp³-hybridized carbons (Fsp3) is 0.0833. The van der Waals surface area contributed by atoms with Crippen LogP contribution in [0.4, 0.5) is 11.4 Å². The molecule has 0 spiro atoms. The molecule has 0 saturated heterocycles. The van der Waals surface area contributed by atoms with Gasteiger partial charge in [0.25, 0.3) is 10.0 Å². The number of hydrogen-bond donors (Lipinski definition) is 2. The lowest BCUT2D eigenvalue weighted by Gasteiger charge is -2.13. The fourth-order valence-corrected chi connectivity index (χ4v) is 3.81. The van der Waals surface area contributed by atoms with Crippen molar-refractivity contribution in [2.75, 3.05) is 10.5 Å². The first-order valence-electron chi connectivity index (χ1n) is 5.49. The minimum Gasteiger partial charge on any atom is -0.398 e. The van der Waals surface area contributed by atoms with Gasteiger partial charge in [-0.05, 0) is 30.7 Å². The van der Waals surface area contributed by atoms with Gasteiger partial charge in [0, 0.05) is 16.4 Å². The topological polar surface area (TPSA) is 85.1 Å². The number of rotatable bonds is 3. The van der Waals surface area contributed by atoms with Gasteiger partial charge in [0.05, 0.1) is 21.8 Å². The first-order chi connectivity index (χ1) is 9.31. The van der Waals surface area contributed by atoms with Crippen molar-refractivity contribution in [2.45, 2.75) is 11.8 Å². The lowest BCUT2D eigenvalue weighted by molar-refractivity contribution is 0.600. The van der Waals surface area contributed by atoms with Crippen LogP contribution in [0.25, 0.3) is 0 Å². The Labute approximate surface area is 130 Å². The number of halogens is 2. The minimum atomic E-state index is -3.80. The molecule has 2 aromatic rings. The maximum Gasteiger partial charge on any atom is 0.262 e. The third-order valence-corrected chi connectivity index (χ3v) is 4.95. The number of nitrogens with two attached hydrogens (primary N) is 1. The molecule has 106 valence electrons. The molecule has 0 amide bonds. The minimum absolute atomic E-state index is 0.0873. The van der Waals surface area contributed by atoms with E-state index >= 15 is 0 Å². The highest BCUT2D eigenvalue weighted by Crippen LogP contribution is 2.29. The van der Waals surface area contributed by atoms with Gasteiger partial charge in [-0.3, -0.25) is 9.71 Å². The molecule has 0 bridgehead atoms. The Morgan fingerprint density at radius 2 is 2.10 bits per heavy atom. The summed E-state index contributed by atoms with van der Waals surface area (Å²) < 4.78 is 27.8. The molecule has 0 aliphatic carbocycles. The van der Waals surface area contributed by atoms with Gasteiger partial charge in [0.2, 0.25) is 0 Å². The highest BCUT2D eigenvalue weighted by molar-refractivity contribution is 9.10. The van der Waals surface area contributed by atoms with Crippen molar-refractivity contribution in [2.24, 2.45) is 0 Å². The largest absolute Gasteiger partial charge is 0.398 e. The molecule has 0 atom stereocenters. The first-order valence-corrected chi connectivity index (χ1v) is 8.14. The van der Waals surface area contributed by atoms with E-state index in [1.165, 1.54) is 24.5 Å². The molecule has 1 aromatic carbocycles. The second-order valence-corrected chi connectivity index (χ2v) is 7.05. The number of pyridine rings is 1. The monoisotopic (exact) mass is 375 g/mol. The third-order valence-electron chi connectivity index (χ3n) is 2.67. The standard InChI is InChI=1S/C12H11BrClN3O2S/c1-7-10(15)4-8(13)5-12(7)20(18,19)17-11-6-16-3-2-9(11)14/h2-6,17H,15H2,1H3. The summed E-state index contributed by atoms with van der Waals surface area (Å²) in [6.07, 6.45) is 2.82. The van der Waals surface area contributed by atoms with Crippen LogP contribution >= 0.6 is 27.5 Å². The van der Waals surface area contributed by atoms with Crippen LogP contribution in [0.15, 0.2) is 40.0 Å². The fourth-order valence-electron chi connectivity index (χ4n) is 1.61. The molecule has 0 unspecified atom stereocenters. The molecule has 3 N–H and O–H groups in total. The molecular formula is C12H11BrClN3O2S. The van der Waals surface area contributed by atoms with Crippen molar-refractivity contribution in [1.29, 1.82) is 0 Å². The normalized spacial score (nSPS) is 11.3. The van der Waals surface area contributed by atoms with Crippen molar-refractivity contribution in [3.05, 3.63) is 45.7 Å². The van der Waals surface area contributed by atoms with Crippen molar-refractivity contribution < 1.29 is 8.42 Å². The van der Waals surface area contributed by atoms with Gasteiger partial charge in [0.15, 0.2) is 0 Å². The number of sulfonamides is 1. The highest BCUT2D eigenvalue weighted by Gasteiger charge is 2.20. The predicted molar refractivity (Wildman–Crippen MR) is 83.3 cm³/mol. The molecule has 8 heteroatoms. The van der Waals surface area contributed by atoms with E-state index < -0.39 is 10.0 Å². The quantitative estimate of drug-likeness (QED) is 0.806. The number of aromatic nitrogens is 1. The Bertz CT molecular complexity index is 765. The predicted octanol–water partition coefficient (Wildman–Crippen LogP) is 3.19. The molecule has 0 saturated carbocycles. The van der Waals surface area contributed by atoms with E-state index in [4.69, 9.17) is 17.3 Å². The van der Waals surface area contributed by atoms with Crippen molar-refractivity contribution in [1.82, 2.24) is 4.98 Å². The Morgan fingerprint density at radius 3 is 2.75 bits per heavy atom. The van der Waals surface area contributed by atoms with E-state index in [0.29, 0.717) is 15.7 Å². The first kappa shape index (κ1) is 15.1. The summed E-state index contributed by atoms with van der Waals surface area (Å²) >= 11 is 9.15. The number of nitrogens with one attached hydrogen (secondary N) is 1. The highest BCUT2D eigenvalue weighted by atomic mass is 79.9. The summed E-state index contributed by atoms with van der Waals surface area (Å²) in [4.78, 5) is 3.92. The molecule has 2 rings (SSSR count). The lowest BCUT2D eigenvalue weighted by Crippen LogP contribution is -2.15. The van der Waals surface area contributed by atoms with Crippen LogP contribution in [-0.4, -0.2) is 13.4 Å². The summed E-state index contributed by atoms with van der Waals surface area (Å²) in [5.74, 6) is 0. The molecule has 1 aromatic heterocycles. The molecule has 20 heavy (non-hydrogen) atoms. The molecule has 0 radical (unpaired) electrons. The summed E-state index contributed by atoms with van der Waals surface area (Å²) in [5.41, 5.74) is 6.85. The lowest BCUT2D eigenvalue weighted by atomic mass is 10.2. The smallest absolute Gasteiger partial charge is 0.262 e. The summed E-state index contributed by atoms with van der Waals surface area (Å²) in [6, 6.07) is 4.63. The summed E-state index contributed by atoms with van der Waals surface area (Å²) in [6.45, 7) is 1.64. The molecular weight excluding hydrogens is 366 g/mol. The van der Waals surface area contributed by atoms with Crippen molar-refractivity contribution >= 4 is 48.9 Å².